The van der Waals surface area contributed by atoms with Gasteiger partial charge in [-0.25, -0.2) is 14.6 Å². The Balaban J connectivity index is 2.05. The average molecular weight is 333 g/mol. The minimum absolute atomic E-state index is 0.313. The third-order valence-electron chi connectivity index (χ3n) is 3.22. The summed E-state index contributed by atoms with van der Waals surface area (Å²) < 4.78 is 4.72. The van der Waals surface area contributed by atoms with Crippen LogP contribution in [-0.4, -0.2) is 36.0 Å². The fourth-order valence-electron chi connectivity index (χ4n) is 1.99. The molecule has 0 aliphatic rings. The zero-order valence-electron chi connectivity index (χ0n) is 13.3. The molecule has 0 aliphatic carbocycles. The fraction of sp³-hybridized carbons (Fsp3) is 0.312. The largest absolute Gasteiger partial charge is 0.465 e. The number of rotatable bonds is 5. The molecule has 0 radical (unpaired) electrons. The minimum Gasteiger partial charge on any atom is -0.465 e. The van der Waals surface area contributed by atoms with Crippen LogP contribution in [0.15, 0.2) is 29.6 Å². The Morgan fingerprint density at radius 2 is 2.09 bits per heavy atom. The van der Waals surface area contributed by atoms with Crippen molar-refractivity contribution in [2.75, 3.05) is 19.5 Å². The first-order valence-corrected chi connectivity index (χ1v) is 8.05. The molecule has 2 rings (SSSR count). The predicted octanol–water partition coefficient (Wildman–Crippen LogP) is 3.16. The molecule has 0 atom stereocenters. The number of aromatic nitrogens is 1. The maximum atomic E-state index is 12.3. The summed E-state index contributed by atoms with van der Waals surface area (Å²) in [5.41, 5.74) is 1.59. The third kappa shape index (κ3) is 4.29. The molecule has 0 saturated carbocycles. The van der Waals surface area contributed by atoms with Crippen molar-refractivity contribution < 1.29 is 14.3 Å². The van der Waals surface area contributed by atoms with Crippen LogP contribution in [0.2, 0.25) is 0 Å². The van der Waals surface area contributed by atoms with Crippen LogP contribution in [-0.2, 0) is 17.7 Å². The van der Waals surface area contributed by atoms with Gasteiger partial charge in [0, 0.05) is 12.4 Å². The lowest BCUT2D eigenvalue weighted by Crippen LogP contribution is -2.31. The molecule has 1 aromatic heterocycles. The Labute approximate surface area is 139 Å². The minimum atomic E-state index is -0.490. The monoisotopic (exact) mass is 333 g/mol. The van der Waals surface area contributed by atoms with Crippen LogP contribution < -0.4 is 5.32 Å². The smallest absolute Gasteiger partial charge is 0.339 e. The van der Waals surface area contributed by atoms with E-state index in [1.807, 2.05) is 12.3 Å². The molecular weight excluding hydrogens is 314 g/mol. The Morgan fingerprint density at radius 3 is 2.74 bits per heavy atom. The van der Waals surface area contributed by atoms with E-state index in [-0.39, 0.29) is 6.03 Å². The van der Waals surface area contributed by atoms with Gasteiger partial charge in [0.2, 0.25) is 0 Å². The summed E-state index contributed by atoms with van der Waals surface area (Å²) in [6, 6.07) is 6.42. The van der Waals surface area contributed by atoms with Crippen LogP contribution in [0.1, 0.15) is 28.0 Å². The molecule has 6 nitrogen and oxygen atoms in total. The summed E-state index contributed by atoms with van der Waals surface area (Å²) in [6.07, 6.45) is 0.882. The third-order valence-corrected chi connectivity index (χ3v) is 4.26. The molecule has 0 aliphatic heterocycles. The van der Waals surface area contributed by atoms with Crippen molar-refractivity contribution in [3.8, 4) is 0 Å². The maximum absolute atomic E-state index is 12.3. The van der Waals surface area contributed by atoms with Gasteiger partial charge >= 0.3 is 12.0 Å². The molecule has 0 fully saturated rings. The quantitative estimate of drug-likeness (QED) is 0.853. The van der Waals surface area contributed by atoms with Gasteiger partial charge in [-0.05, 0) is 18.6 Å². The van der Waals surface area contributed by atoms with E-state index < -0.39 is 5.97 Å². The Hall–Kier alpha value is -2.41. The highest BCUT2D eigenvalue weighted by Crippen LogP contribution is 2.17. The number of thiazole rings is 1. The fourth-order valence-corrected chi connectivity index (χ4v) is 2.73. The summed E-state index contributed by atoms with van der Waals surface area (Å²) in [4.78, 5) is 30.0. The number of para-hydroxylation sites is 1. The molecule has 0 spiro atoms. The van der Waals surface area contributed by atoms with Crippen molar-refractivity contribution in [2.45, 2.75) is 19.9 Å². The molecular formula is C16H19N3O3S. The number of nitrogens with one attached hydrogen (secondary N) is 1. The Kier molecular flexibility index (Phi) is 5.70. The Morgan fingerprint density at radius 1 is 1.35 bits per heavy atom. The molecule has 0 saturated heterocycles. The number of methoxy groups -OCH3 is 1. The molecule has 122 valence electrons. The number of esters is 1. The van der Waals surface area contributed by atoms with Crippen LogP contribution >= 0.6 is 11.3 Å². The first-order valence-electron chi connectivity index (χ1n) is 7.17. The first kappa shape index (κ1) is 17.0. The standard InChI is InChI=1S/C16H19N3O3S/c1-4-14-17-11(10-23-14)9-19(2)16(21)18-13-8-6-5-7-12(13)15(20)22-3/h5-8,10H,4,9H2,1-3H3,(H,18,21). The molecule has 0 unspecified atom stereocenters. The average Bonchev–Trinajstić information content (AvgIpc) is 3.02. The lowest BCUT2D eigenvalue weighted by atomic mass is 10.2. The number of hydrogen-bond acceptors (Lipinski definition) is 5. The van der Waals surface area contributed by atoms with E-state index in [4.69, 9.17) is 4.74 Å². The van der Waals surface area contributed by atoms with E-state index in [1.54, 1.807) is 42.6 Å². The van der Waals surface area contributed by atoms with Gasteiger partial charge in [0.05, 0.1) is 35.6 Å². The molecule has 23 heavy (non-hydrogen) atoms. The number of ether oxygens (including phenoxy) is 1. The van der Waals surface area contributed by atoms with Crippen LogP contribution in [0.25, 0.3) is 0 Å². The number of carbonyl (C=O) groups excluding carboxylic acids is 2. The molecule has 2 aromatic rings. The van der Waals surface area contributed by atoms with Gasteiger partial charge in [-0.3, -0.25) is 0 Å². The van der Waals surface area contributed by atoms with E-state index in [9.17, 15) is 9.59 Å². The number of amides is 2. The normalized spacial score (nSPS) is 10.2. The highest BCUT2D eigenvalue weighted by molar-refractivity contribution is 7.09. The second kappa shape index (κ2) is 7.73. The van der Waals surface area contributed by atoms with Gasteiger partial charge in [-0.1, -0.05) is 19.1 Å². The van der Waals surface area contributed by atoms with E-state index >= 15 is 0 Å². The first-order chi connectivity index (χ1) is 11.0. The zero-order chi connectivity index (χ0) is 16.8. The van der Waals surface area contributed by atoms with Gasteiger partial charge in [0.1, 0.15) is 0 Å². The van der Waals surface area contributed by atoms with Crippen molar-refractivity contribution in [2.24, 2.45) is 0 Å². The highest BCUT2D eigenvalue weighted by atomic mass is 32.1. The highest BCUT2D eigenvalue weighted by Gasteiger charge is 2.16. The number of hydrogen-bond donors (Lipinski definition) is 1. The van der Waals surface area contributed by atoms with Gasteiger partial charge in [-0.15, -0.1) is 11.3 Å². The van der Waals surface area contributed by atoms with Crippen LogP contribution in [0.5, 0.6) is 0 Å². The predicted molar refractivity (Wildman–Crippen MR) is 89.8 cm³/mol. The van der Waals surface area contributed by atoms with Gasteiger partial charge in [-0.2, -0.15) is 0 Å². The summed E-state index contributed by atoms with van der Waals surface area (Å²) in [7, 11) is 2.99. The van der Waals surface area contributed by atoms with Gasteiger partial charge in [0.15, 0.2) is 0 Å². The van der Waals surface area contributed by atoms with E-state index in [0.717, 1.165) is 17.1 Å². The van der Waals surface area contributed by atoms with Crippen molar-refractivity contribution in [1.29, 1.82) is 0 Å². The number of carbonyl (C=O) groups is 2. The zero-order valence-corrected chi connectivity index (χ0v) is 14.1. The van der Waals surface area contributed by atoms with E-state index in [0.29, 0.717) is 17.8 Å². The molecule has 1 N–H and O–H groups in total. The van der Waals surface area contributed by atoms with Crippen molar-refractivity contribution in [3.63, 3.8) is 0 Å². The van der Waals surface area contributed by atoms with Crippen LogP contribution in [0.4, 0.5) is 10.5 Å². The number of aryl methyl sites for hydroxylation is 1. The SMILES string of the molecule is CCc1nc(CN(C)C(=O)Nc2ccccc2C(=O)OC)cs1. The topological polar surface area (TPSA) is 71.5 Å². The van der Waals surface area contributed by atoms with E-state index in [1.165, 1.54) is 12.0 Å². The lowest BCUT2D eigenvalue weighted by molar-refractivity contribution is 0.0602. The summed E-state index contributed by atoms with van der Waals surface area (Å²) in [5.74, 6) is -0.490. The van der Waals surface area contributed by atoms with Crippen molar-refractivity contribution >= 4 is 29.0 Å². The number of benzene rings is 1. The maximum Gasteiger partial charge on any atom is 0.339 e. The molecule has 1 aromatic carbocycles. The molecule has 2 amide bonds. The van der Waals surface area contributed by atoms with Crippen molar-refractivity contribution in [1.82, 2.24) is 9.88 Å². The number of urea groups is 1. The van der Waals surface area contributed by atoms with Crippen LogP contribution in [0, 0.1) is 0 Å². The molecule has 1 heterocycles. The van der Waals surface area contributed by atoms with Gasteiger partial charge in [0.25, 0.3) is 0 Å². The second-order valence-electron chi connectivity index (χ2n) is 4.91. The van der Waals surface area contributed by atoms with E-state index in [2.05, 4.69) is 10.3 Å². The van der Waals surface area contributed by atoms with Gasteiger partial charge < -0.3 is 15.0 Å². The van der Waals surface area contributed by atoms with Crippen molar-refractivity contribution in [3.05, 3.63) is 45.9 Å². The number of anilines is 1. The molecule has 0 bridgehead atoms. The van der Waals surface area contributed by atoms with Crippen LogP contribution in [0.3, 0.4) is 0 Å². The number of nitrogens with zero attached hydrogens (tertiary/aromatic N) is 2. The summed E-state index contributed by atoms with van der Waals surface area (Å²) >= 11 is 1.59. The summed E-state index contributed by atoms with van der Waals surface area (Å²) in [6.45, 7) is 2.45. The Bertz CT molecular complexity index is 699. The second-order valence-corrected chi connectivity index (χ2v) is 5.85. The summed E-state index contributed by atoms with van der Waals surface area (Å²) in [5, 5.41) is 5.72. The molecule has 7 heteroatoms. The lowest BCUT2D eigenvalue weighted by Gasteiger charge is -2.18.